The summed E-state index contributed by atoms with van der Waals surface area (Å²) in [7, 11) is 1.19. The lowest BCUT2D eigenvalue weighted by molar-refractivity contribution is -0.480. The van der Waals surface area contributed by atoms with Crippen molar-refractivity contribution in [1.82, 2.24) is 0 Å². The van der Waals surface area contributed by atoms with Gasteiger partial charge in [0, 0.05) is 11.3 Å². The SMILES string of the molecule is COC(=O)[C@@H](N)CC[N+](=O)[O-]. The first-order valence-corrected chi connectivity index (χ1v) is 3.03. The molecule has 0 saturated heterocycles. The predicted octanol–water partition coefficient (Wildman–Crippen LogP) is -0.846. The van der Waals surface area contributed by atoms with Crippen LogP contribution in [0.3, 0.4) is 0 Å². The fraction of sp³-hybridized carbons (Fsp3) is 0.800. The van der Waals surface area contributed by atoms with E-state index in [2.05, 4.69) is 4.74 Å². The van der Waals surface area contributed by atoms with Gasteiger partial charge in [0.2, 0.25) is 6.54 Å². The number of esters is 1. The highest BCUT2D eigenvalue weighted by atomic mass is 16.6. The van der Waals surface area contributed by atoms with Crippen molar-refractivity contribution < 1.29 is 14.5 Å². The van der Waals surface area contributed by atoms with E-state index in [0.29, 0.717) is 0 Å². The van der Waals surface area contributed by atoms with Crippen molar-refractivity contribution in [2.24, 2.45) is 5.73 Å². The van der Waals surface area contributed by atoms with E-state index in [1.807, 2.05) is 0 Å². The van der Waals surface area contributed by atoms with Crippen molar-refractivity contribution in [3.63, 3.8) is 0 Å². The summed E-state index contributed by atoms with van der Waals surface area (Å²) >= 11 is 0. The summed E-state index contributed by atoms with van der Waals surface area (Å²) in [5.41, 5.74) is 5.20. The molecule has 0 spiro atoms. The van der Waals surface area contributed by atoms with Crippen LogP contribution < -0.4 is 5.73 Å². The first-order chi connectivity index (χ1) is 5.07. The average molecular weight is 162 g/mol. The second-order valence-electron chi connectivity index (χ2n) is 1.97. The Balaban J connectivity index is 3.60. The van der Waals surface area contributed by atoms with Crippen LogP contribution in [-0.4, -0.2) is 30.6 Å². The van der Waals surface area contributed by atoms with Gasteiger partial charge in [-0.2, -0.15) is 0 Å². The second-order valence-corrected chi connectivity index (χ2v) is 1.97. The van der Waals surface area contributed by atoms with Crippen molar-refractivity contribution in [3.8, 4) is 0 Å². The molecular weight excluding hydrogens is 152 g/mol. The Morgan fingerprint density at radius 3 is 2.73 bits per heavy atom. The van der Waals surface area contributed by atoms with Crippen LogP contribution in [0.5, 0.6) is 0 Å². The topological polar surface area (TPSA) is 95.5 Å². The van der Waals surface area contributed by atoms with Gasteiger partial charge in [-0.3, -0.25) is 14.9 Å². The summed E-state index contributed by atoms with van der Waals surface area (Å²) in [5.74, 6) is -0.619. The normalized spacial score (nSPS) is 12.2. The molecule has 1 atom stereocenters. The molecule has 0 unspecified atom stereocenters. The van der Waals surface area contributed by atoms with Crippen LogP contribution in [0.2, 0.25) is 0 Å². The fourth-order valence-electron chi connectivity index (χ4n) is 0.514. The molecule has 2 N–H and O–H groups in total. The van der Waals surface area contributed by atoms with Crippen molar-refractivity contribution in [1.29, 1.82) is 0 Å². The highest BCUT2D eigenvalue weighted by Crippen LogP contribution is 1.90. The van der Waals surface area contributed by atoms with Crippen LogP contribution in [0.15, 0.2) is 0 Å². The number of nitro groups is 1. The Hall–Kier alpha value is -1.17. The number of nitrogens with zero attached hydrogens (tertiary/aromatic N) is 1. The molecule has 0 aliphatic carbocycles. The Morgan fingerprint density at radius 2 is 2.36 bits per heavy atom. The minimum absolute atomic E-state index is 0.0136. The van der Waals surface area contributed by atoms with E-state index in [9.17, 15) is 14.9 Å². The first-order valence-electron chi connectivity index (χ1n) is 3.03. The minimum atomic E-state index is -0.884. The van der Waals surface area contributed by atoms with Crippen LogP contribution in [-0.2, 0) is 9.53 Å². The van der Waals surface area contributed by atoms with E-state index >= 15 is 0 Å². The molecule has 0 heterocycles. The Bertz CT molecular complexity index is 159. The van der Waals surface area contributed by atoms with Gasteiger partial charge in [0.05, 0.1) is 7.11 Å². The average Bonchev–Trinajstić information content (AvgIpc) is 1.98. The van der Waals surface area contributed by atoms with Gasteiger partial charge in [-0.25, -0.2) is 0 Å². The number of nitrogens with two attached hydrogens (primary N) is 1. The third-order valence-electron chi connectivity index (χ3n) is 1.13. The molecule has 0 amide bonds. The van der Waals surface area contributed by atoms with Gasteiger partial charge < -0.3 is 10.5 Å². The maximum atomic E-state index is 10.6. The van der Waals surface area contributed by atoms with Gasteiger partial charge in [-0.1, -0.05) is 0 Å². The van der Waals surface area contributed by atoms with Crippen LogP contribution in [0.1, 0.15) is 6.42 Å². The highest BCUT2D eigenvalue weighted by Gasteiger charge is 2.15. The molecular formula is C5H10N2O4. The monoisotopic (exact) mass is 162 g/mol. The summed E-state index contributed by atoms with van der Waals surface area (Å²) < 4.78 is 4.26. The van der Waals surface area contributed by atoms with Gasteiger partial charge in [-0.15, -0.1) is 0 Å². The number of ether oxygens (including phenoxy) is 1. The summed E-state index contributed by atoms with van der Waals surface area (Å²) in [6, 6.07) is -0.884. The van der Waals surface area contributed by atoms with E-state index in [0.717, 1.165) is 0 Å². The Morgan fingerprint density at radius 1 is 1.82 bits per heavy atom. The van der Waals surface area contributed by atoms with Gasteiger partial charge in [-0.05, 0) is 0 Å². The maximum Gasteiger partial charge on any atom is 0.322 e. The van der Waals surface area contributed by atoms with Gasteiger partial charge in [0.25, 0.3) is 0 Å². The predicted molar refractivity (Wildman–Crippen MR) is 36.5 cm³/mol. The lowest BCUT2D eigenvalue weighted by Gasteiger charge is -2.04. The van der Waals surface area contributed by atoms with E-state index in [4.69, 9.17) is 5.73 Å². The number of hydrogen-bond acceptors (Lipinski definition) is 5. The quantitative estimate of drug-likeness (QED) is 0.330. The first kappa shape index (κ1) is 9.83. The lowest BCUT2D eigenvalue weighted by atomic mass is 10.2. The van der Waals surface area contributed by atoms with Crippen LogP contribution in [0, 0.1) is 10.1 Å². The molecule has 6 heteroatoms. The van der Waals surface area contributed by atoms with Gasteiger partial charge in [0.1, 0.15) is 6.04 Å². The number of carbonyl (C=O) groups is 1. The number of carbonyl (C=O) groups excluding carboxylic acids is 1. The summed E-state index contributed by atoms with van der Waals surface area (Å²) in [5, 5.41) is 9.81. The maximum absolute atomic E-state index is 10.6. The molecule has 0 aromatic heterocycles. The molecule has 0 rings (SSSR count). The van der Waals surface area contributed by atoms with E-state index in [-0.39, 0.29) is 13.0 Å². The molecule has 0 bridgehead atoms. The molecule has 11 heavy (non-hydrogen) atoms. The van der Waals surface area contributed by atoms with Crippen molar-refractivity contribution in [2.75, 3.05) is 13.7 Å². The molecule has 0 fully saturated rings. The van der Waals surface area contributed by atoms with Gasteiger partial charge in [0.15, 0.2) is 0 Å². The van der Waals surface area contributed by atoms with E-state index in [1.165, 1.54) is 7.11 Å². The summed E-state index contributed by atoms with van der Waals surface area (Å²) in [6.07, 6.45) is 0.0136. The number of hydrogen-bond donors (Lipinski definition) is 1. The van der Waals surface area contributed by atoms with E-state index < -0.39 is 16.9 Å². The van der Waals surface area contributed by atoms with Crippen LogP contribution >= 0.6 is 0 Å². The Labute approximate surface area is 63.5 Å². The molecule has 64 valence electrons. The molecule has 0 aromatic rings. The summed E-state index contributed by atoms with van der Waals surface area (Å²) in [6.45, 7) is -0.309. The zero-order chi connectivity index (χ0) is 8.85. The molecule has 6 nitrogen and oxygen atoms in total. The molecule has 0 aliphatic heterocycles. The number of methoxy groups -OCH3 is 1. The Kier molecular flexibility index (Phi) is 4.12. The van der Waals surface area contributed by atoms with Crippen LogP contribution in [0.25, 0.3) is 0 Å². The highest BCUT2D eigenvalue weighted by molar-refractivity contribution is 5.75. The van der Waals surface area contributed by atoms with Crippen molar-refractivity contribution in [3.05, 3.63) is 10.1 Å². The fourth-order valence-corrected chi connectivity index (χ4v) is 0.514. The largest absolute Gasteiger partial charge is 0.468 e. The molecule has 0 saturated carbocycles. The van der Waals surface area contributed by atoms with Crippen LogP contribution in [0.4, 0.5) is 0 Å². The van der Waals surface area contributed by atoms with Gasteiger partial charge >= 0.3 is 5.97 Å². The molecule has 0 radical (unpaired) electrons. The molecule has 0 aliphatic rings. The van der Waals surface area contributed by atoms with E-state index in [1.54, 1.807) is 0 Å². The second kappa shape index (κ2) is 4.62. The third kappa shape index (κ3) is 4.26. The zero-order valence-electron chi connectivity index (χ0n) is 6.15. The lowest BCUT2D eigenvalue weighted by Crippen LogP contribution is -2.33. The minimum Gasteiger partial charge on any atom is -0.468 e. The smallest absolute Gasteiger partial charge is 0.322 e. The standard InChI is InChI=1S/C5H10N2O4/c1-11-5(8)4(6)2-3-7(9)10/h4H,2-3,6H2,1H3/t4-/m0/s1. The number of rotatable bonds is 4. The van der Waals surface area contributed by atoms with Crippen molar-refractivity contribution in [2.45, 2.75) is 12.5 Å². The zero-order valence-corrected chi connectivity index (χ0v) is 6.15. The third-order valence-corrected chi connectivity index (χ3v) is 1.13. The summed E-state index contributed by atoms with van der Waals surface area (Å²) in [4.78, 5) is 19.8. The van der Waals surface area contributed by atoms with Crippen molar-refractivity contribution >= 4 is 5.97 Å². The molecule has 0 aromatic carbocycles.